The van der Waals surface area contributed by atoms with Crippen LogP contribution in [-0.2, 0) is 9.84 Å². The number of rotatable bonds is 2. The van der Waals surface area contributed by atoms with Gasteiger partial charge in [-0.15, -0.1) is 0 Å². The van der Waals surface area contributed by atoms with Crippen LogP contribution in [0.2, 0.25) is 0 Å². The average Bonchev–Trinajstić information content (AvgIpc) is 2.03. The second kappa shape index (κ2) is 3.63. The van der Waals surface area contributed by atoms with Crippen LogP contribution in [0.3, 0.4) is 0 Å². The van der Waals surface area contributed by atoms with Crippen molar-refractivity contribution < 1.29 is 13.2 Å². The minimum Gasteiger partial charge on any atom is -0.480 e. The van der Waals surface area contributed by atoms with Crippen molar-refractivity contribution >= 4 is 25.8 Å². The van der Waals surface area contributed by atoms with Crippen LogP contribution in [0.4, 0.5) is 0 Å². The van der Waals surface area contributed by atoms with E-state index in [1.165, 1.54) is 19.4 Å². The van der Waals surface area contributed by atoms with Crippen molar-refractivity contribution in [3.8, 4) is 5.88 Å². The quantitative estimate of drug-likeness (QED) is 0.808. The van der Waals surface area contributed by atoms with E-state index in [9.17, 15) is 8.42 Å². The van der Waals surface area contributed by atoms with Crippen LogP contribution in [0, 0.1) is 0 Å². The Balaban J connectivity index is 3.41. The fourth-order valence-corrected chi connectivity index (χ4v) is 2.10. The van der Waals surface area contributed by atoms with E-state index < -0.39 is 9.84 Å². The van der Waals surface area contributed by atoms with E-state index in [1.54, 1.807) is 0 Å². The van der Waals surface area contributed by atoms with Gasteiger partial charge in [-0.2, -0.15) is 0 Å². The van der Waals surface area contributed by atoms with Crippen molar-refractivity contribution in [2.45, 2.75) is 4.90 Å². The first-order chi connectivity index (χ1) is 5.95. The van der Waals surface area contributed by atoms with Crippen molar-refractivity contribution in [2.24, 2.45) is 0 Å². The van der Waals surface area contributed by atoms with E-state index in [0.717, 1.165) is 6.26 Å². The molecule has 0 spiro atoms. The zero-order valence-electron chi connectivity index (χ0n) is 7.11. The van der Waals surface area contributed by atoms with E-state index in [-0.39, 0.29) is 10.8 Å². The van der Waals surface area contributed by atoms with Crippen LogP contribution in [0.5, 0.6) is 5.88 Å². The zero-order chi connectivity index (χ0) is 10.1. The standard InChI is InChI=1S/C7H8BrNO3S/c1-12-7-6(13(2,10)11)3-5(8)4-9-7/h3-4H,1-2H3. The molecule has 0 aliphatic rings. The number of ether oxygens (including phenoxy) is 1. The van der Waals surface area contributed by atoms with Gasteiger partial charge in [-0.3, -0.25) is 0 Å². The molecule has 4 nitrogen and oxygen atoms in total. The number of methoxy groups -OCH3 is 1. The first-order valence-electron chi connectivity index (χ1n) is 3.34. The lowest BCUT2D eigenvalue weighted by atomic mass is 10.5. The fourth-order valence-electron chi connectivity index (χ4n) is 0.827. The van der Waals surface area contributed by atoms with Crippen molar-refractivity contribution in [1.29, 1.82) is 0 Å². The predicted octanol–water partition coefficient (Wildman–Crippen LogP) is 1.26. The molecule has 0 radical (unpaired) electrons. The Morgan fingerprint density at radius 1 is 1.54 bits per heavy atom. The molecule has 0 aliphatic heterocycles. The van der Waals surface area contributed by atoms with E-state index in [0.29, 0.717) is 4.47 Å². The summed E-state index contributed by atoms with van der Waals surface area (Å²) in [5, 5.41) is 0. The smallest absolute Gasteiger partial charge is 0.232 e. The van der Waals surface area contributed by atoms with Crippen LogP contribution in [0.15, 0.2) is 21.6 Å². The van der Waals surface area contributed by atoms with E-state index in [4.69, 9.17) is 4.74 Å². The molecule has 1 heterocycles. The summed E-state index contributed by atoms with van der Waals surface area (Å²) in [6.07, 6.45) is 2.59. The van der Waals surface area contributed by atoms with E-state index >= 15 is 0 Å². The number of aromatic nitrogens is 1. The summed E-state index contributed by atoms with van der Waals surface area (Å²) in [4.78, 5) is 3.90. The third kappa shape index (κ3) is 2.41. The van der Waals surface area contributed by atoms with Gasteiger partial charge in [0.2, 0.25) is 5.88 Å². The molecule has 0 bridgehead atoms. The third-order valence-electron chi connectivity index (χ3n) is 1.38. The largest absolute Gasteiger partial charge is 0.480 e. The molecule has 1 rings (SSSR count). The molecule has 0 amide bonds. The van der Waals surface area contributed by atoms with Gasteiger partial charge in [0.05, 0.1) is 7.11 Å². The number of hydrogen-bond acceptors (Lipinski definition) is 4. The molecule has 1 aromatic rings. The third-order valence-corrected chi connectivity index (χ3v) is 2.90. The number of sulfone groups is 1. The molecule has 0 N–H and O–H groups in total. The summed E-state index contributed by atoms with van der Waals surface area (Å²) in [5.74, 6) is 0.116. The SMILES string of the molecule is COc1ncc(Br)cc1S(C)(=O)=O. The Hall–Kier alpha value is -0.620. The van der Waals surface area contributed by atoms with E-state index in [1.807, 2.05) is 0 Å². The van der Waals surface area contributed by atoms with Gasteiger partial charge in [-0.1, -0.05) is 0 Å². The van der Waals surface area contributed by atoms with Gasteiger partial charge in [0.1, 0.15) is 4.90 Å². The summed E-state index contributed by atoms with van der Waals surface area (Å²) in [6.45, 7) is 0. The maximum absolute atomic E-state index is 11.2. The molecule has 6 heteroatoms. The van der Waals surface area contributed by atoms with Gasteiger partial charge >= 0.3 is 0 Å². The Labute approximate surface area is 85.0 Å². The fraction of sp³-hybridized carbons (Fsp3) is 0.286. The highest BCUT2D eigenvalue weighted by Gasteiger charge is 2.15. The number of pyridine rings is 1. The molecular weight excluding hydrogens is 258 g/mol. The zero-order valence-corrected chi connectivity index (χ0v) is 9.52. The first-order valence-corrected chi connectivity index (χ1v) is 6.03. The summed E-state index contributed by atoms with van der Waals surface area (Å²) >= 11 is 3.14. The molecule has 0 unspecified atom stereocenters. The molecule has 0 aliphatic carbocycles. The van der Waals surface area contributed by atoms with Crippen LogP contribution in [0.1, 0.15) is 0 Å². The average molecular weight is 266 g/mol. The van der Waals surface area contributed by atoms with Crippen LogP contribution in [-0.4, -0.2) is 26.8 Å². The van der Waals surface area contributed by atoms with Gasteiger partial charge in [-0.05, 0) is 22.0 Å². The van der Waals surface area contributed by atoms with Crippen molar-refractivity contribution in [3.63, 3.8) is 0 Å². The second-order valence-electron chi connectivity index (χ2n) is 2.43. The lowest BCUT2D eigenvalue weighted by molar-refractivity contribution is 0.385. The molecule has 0 atom stereocenters. The Morgan fingerprint density at radius 3 is 2.62 bits per heavy atom. The van der Waals surface area contributed by atoms with Crippen LogP contribution in [0.25, 0.3) is 0 Å². The van der Waals surface area contributed by atoms with E-state index in [2.05, 4.69) is 20.9 Å². The molecule has 13 heavy (non-hydrogen) atoms. The number of halogens is 1. The lowest BCUT2D eigenvalue weighted by Crippen LogP contribution is -2.02. The van der Waals surface area contributed by atoms with Crippen molar-refractivity contribution in [2.75, 3.05) is 13.4 Å². The molecule has 0 fully saturated rings. The van der Waals surface area contributed by atoms with Gasteiger partial charge in [-0.25, -0.2) is 13.4 Å². The monoisotopic (exact) mass is 265 g/mol. The van der Waals surface area contributed by atoms with Crippen LogP contribution < -0.4 is 4.74 Å². The Morgan fingerprint density at radius 2 is 2.15 bits per heavy atom. The molecule has 0 saturated heterocycles. The topological polar surface area (TPSA) is 56.3 Å². The molecule has 0 aromatic carbocycles. The summed E-state index contributed by atoms with van der Waals surface area (Å²) in [7, 11) is -1.91. The summed E-state index contributed by atoms with van der Waals surface area (Å²) in [6, 6.07) is 1.46. The highest BCUT2D eigenvalue weighted by Crippen LogP contribution is 2.23. The maximum atomic E-state index is 11.2. The maximum Gasteiger partial charge on any atom is 0.232 e. The molecule has 1 aromatic heterocycles. The highest BCUT2D eigenvalue weighted by molar-refractivity contribution is 9.10. The second-order valence-corrected chi connectivity index (χ2v) is 5.33. The Bertz CT molecular complexity index is 416. The Kier molecular flexibility index (Phi) is 2.92. The molecular formula is C7H8BrNO3S. The van der Waals surface area contributed by atoms with Gasteiger partial charge in [0.15, 0.2) is 9.84 Å². The summed E-state index contributed by atoms with van der Waals surface area (Å²) < 4.78 is 27.9. The normalized spacial score (nSPS) is 11.3. The van der Waals surface area contributed by atoms with Gasteiger partial charge in [0, 0.05) is 16.9 Å². The number of hydrogen-bond donors (Lipinski definition) is 0. The number of nitrogens with zero attached hydrogens (tertiary/aromatic N) is 1. The van der Waals surface area contributed by atoms with Gasteiger partial charge in [0.25, 0.3) is 0 Å². The highest BCUT2D eigenvalue weighted by atomic mass is 79.9. The minimum absolute atomic E-state index is 0.0874. The minimum atomic E-state index is -3.29. The van der Waals surface area contributed by atoms with Crippen molar-refractivity contribution in [1.82, 2.24) is 4.98 Å². The first kappa shape index (κ1) is 10.5. The van der Waals surface area contributed by atoms with Gasteiger partial charge < -0.3 is 4.74 Å². The predicted molar refractivity (Wildman–Crippen MR) is 51.6 cm³/mol. The summed E-state index contributed by atoms with van der Waals surface area (Å²) in [5.41, 5.74) is 0. The lowest BCUT2D eigenvalue weighted by Gasteiger charge is -2.04. The van der Waals surface area contributed by atoms with Crippen LogP contribution >= 0.6 is 15.9 Å². The molecule has 72 valence electrons. The molecule has 0 saturated carbocycles. The van der Waals surface area contributed by atoms with Crippen molar-refractivity contribution in [3.05, 3.63) is 16.7 Å².